The largest absolute Gasteiger partial charge is 0.408 e. The number of rotatable bonds is 10. The molecule has 0 bridgehead atoms. The third-order valence-corrected chi connectivity index (χ3v) is 8.03. The van der Waals surface area contributed by atoms with Crippen LogP contribution < -0.4 is 11.1 Å². The van der Waals surface area contributed by atoms with E-state index in [9.17, 15) is 27.6 Å². The van der Waals surface area contributed by atoms with Gasteiger partial charge in [0.25, 0.3) is 5.91 Å². The lowest BCUT2D eigenvalue weighted by atomic mass is 9.73. The van der Waals surface area contributed by atoms with Crippen molar-refractivity contribution in [3.8, 4) is 0 Å². The van der Waals surface area contributed by atoms with Gasteiger partial charge in [-0.3, -0.25) is 19.4 Å². The molecule has 4 heterocycles. The van der Waals surface area contributed by atoms with Crippen LogP contribution in [0.3, 0.4) is 0 Å². The highest BCUT2D eigenvalue weighted by Gasteiger charge is 2.55. The monoisotopic (exact) mass is 614 g/mol. The molecule has 2 aliphatic rings. The summed E-state index contributed by atoms with van der Waals surface area (Å²) in [5, 5.41) is 9.39. The predicted octanol–water partition coefficient (Wildman–Crippen LogP) is 2.76. The van der Waals surface area contributed by atoms with Gasteiger partial charge < -0.3 is 20.7 Å². The van der Waals surface area contributed by atoms with Crippen molar-refractivity contribution in [2.24, 2.45) is 16.3 Å². The minimum atomic E-state index is -4.66. The second-order valence-corrected chi connectivity index (χ2v) is 12.0. The van der Waals surface area contributed by atoms with Gasteiger partial charge >= 0.3 is 6.18 Å². The molecule has 1 unspecified atom stereocenters. The molecule has 1 fully saturated rings. The lowest BCUT2D eigenvalue weighted by Crippen LogP contribution is -2.60. The molecule has 2 atom stereocenters. The van der Waals surface area contributed by atoms with Crippen molar-refractivity contribution in [1.82, 2.24) is 20.2 Å². The van der Waals surface area contributed by atoms with Gasteiger partial charge in [0, 0.05) is 35.1 Å². The number of hydrazone groups is 1. The number of likely N-dealkylation sites (tertiary alicyclic amines) is 1. The molecule has 41 heavy (non-hydrogen) atoms. The highest BCUT2D eigenvalue weighted by Crippen LogP contribution is 2.40. The molecule has 222 valence electrons. The summed E-state index contributed by atoms with van der Waals surface area (Å²) in [4.78, 5) is 46.2. The van der Waals surface area contributed by atoms with Crippen LogP contribution in [0, 0.1) is 5.41 Å². The molecule has 0 spiro atoms. The van der Waals surface area contributed by atoms with Crippen LogP contribution in [0.4, 0.5) is 13.2 Å². The zero-order chi connectivity index (χ0) is 30.0. The second-order valence-electron chi connectivity index (χ2n) is 10.6. The number of piperidine rings is 1. The summed E-state index contributed by atoms with van der Waals surface area (Å²) in [6.45, 7) is 1.21. The number of carbonyl (C=O) groups is 3. The first-order valence-corrected chi connectivity index (χ1v) is 14.0. The minimum Gasteiger partial charge on any atom is -0.373 e. The Balaban J connectivity index is 1.55. The fourth-order valence-corrected chi connectivity index (χ4v) is 5.67. The summed E-state index contributed by atoms with van der Waals surface area (Å²) < 4.78 is 45.5. The molecule has 0 aromatic carbocycles. The molecule has 10 nitrogen and oxygen atoms in total. The highest BCUT2D eigenvalue weighted by molar-refractivity contribution is 7.10. The summed E-state index contributed by atoms with van der Waals surface area (Å²) in [5.74, 6) is -1.91. The van der Waals surface area contributed by atoms with Crippen LogP contribution in [0.1, 0.15) is 30.8 Å². The Hall–Kier alpha value is -3.07. The van der Waals surface area contributed by atoms with E-state index in [4.69, 9.17) is 22.1 Å². The van der Waals surface area contributed by atoms with Crippen molar-refractivity contribution < 1.29 is 32.3 Å². The number of aromatic nitrogens is 1. The summed E-state index contributed by atoms with van der Waals surface area (Å²) in [6.07, 6.45) is -3.07. The van der Waals surface area contributed by atoms with E-state index in [1.54, 1.807) is 29.6 Å². The third kappa shape index (κ3) is 7.42. The van der Waals surface area contributed by atoms with Crippen molar-refractivity contribution >= 4 is 46.4 Å². The van der Waals surface area contributed by atoms with E-state index < -0.39 is 47.4 Å². The molecule has 2 aliphatic heterocycles. The lowest BCUT2D eigenvalue weighted by Gasteiger charge is -2.39. The zero-order valence-electron chi connectivity index (χ0n) is 22.4. The highest BCUT2D eigenvalue weighted by atomic mass is 35.5. The van der Waals surface area contributed by atoms with Crippen molar-refractivity contribution in [2.45, 2.75) is 51.1 Å². The van der Waals surface area contributed by atoms with Crippen molar-refractivity contribution in [1.29, 1.82) is 0 Å². The van der Waals surface area contributed by atoms with E-state index in [-0.39, 0.29) is 44.9 Å². The van der Waals surface area contributed by atoms with E-state index in [0.29, 0.717) is 15.7 Å². The van der Waals surface area contributed by atoms with Gasteiger partial charge in [-0.25, -0.2) is 5.01 Å². The van der Waals surface area contributed by atoms with Crippen molar-refractivity contribution in [2.75, 3.05) is 26.2 Å². The van der Waals surface area contributed by atoms with E-state index in [1.807, 2.05) is 0 Å². The quantitative estimate of drug-likeness (QED) is 0.423. The first-order valence-electron chi connectivity index (χ1n) is 12.7. The van der Waals surface area contributed by atoms with Gasteiger partial charge in [-0.1, -0.05) is 17.7 Å². The number of hydrogen-bond donors (Lipinski definition) is 2. The van der Waals surface area contributed by atoms with Gasteiger partial charge in [-0.05, 0) is 38.5 Å². The molecule has 3 N–H and O–H groups in total. The van der Waals surface area contributed by atoms with Gasteiger partial charge in [-0.15, -0.1) is 11.3 Å². The Morgan fingerprint density at radius 3 is 2.68 bits per heavy atom. The molecule has 0 aliphatic carbocycles. The molecule has 2 aromatic rings. The van der Waals surface area contributed by atoms with Crippen LogP contribution in [0.15, 0.2) is 40.9 Å². The van der Waals surface area contributed by atoms with E-state index in [1.165, 1.54) is 36.3 Å². The van der Waals surface area contributed by atoms with E-state index in [2.05, 4.69) is 15.4 Å². The average molecular weight is 615 g/mol. The number of nitrogens with zero attached hydrogens (tertiary/aromatic N) is 4. The van der Waals surface area contributed by atoms with Crippen LogP contribution in [0.2, 0.25) is 5.02 Å². The van der Waals surface area contributed by atoms with Gasteiger partial charge in [0.2, 0.25) is 11.8 Å². The fourth-order valence-electron chi connectivity index (χ4n) is 4.67. The number of fused-ring (bicyclic) bond motifs is 1. The number of nitrogens with two attached hydrogens (primary N) is 1. The number of pyridine rings is 1. The van der Waals surface area contributed by atoms with Gasteiger partial charge in [-0.2, -0.15) is 18.3 Å². The van der Waals surface area contributed by atoms with Crippen molar-refractivity contribution in [3.05, 3.63) is 51.4 Å². The molecule has 0 saturated carbocycles. The number of thiophene rings is 1. The number of amides is 3. The van der Waals surface area contributed by atoms with Crippen LogP contribution in [0.25, 0.3) is 0 Å². The van der Waals surface area contributed by atoms with E-state index in [0.717, 1.165) is 4.88 Å². The standard InChI is InChI=1S/C26H30ClF3N6O4S/c1-24(2,31)22(38)33-19(13-40-12-18-9-16(27)14-41-18)21(37)35-8-6-25(10-17-5-3-4-7-32-17)20(11-35)34-36(23(25)39)15-26(28,29)30/h3-5,7,9,14,19H,6,8,10-13,15,31H2,1-2H3,(H,33,38)/t19-,25?/m1/s1. The number of hydrogen-bond acceptors (Lipinski definition) is 8. The number of ether oxygens (including phenoxy) is 1. The predicted molar refractivity (Wildman–Crippen MR) is 146 cm³/mol. The van der Waals surface area contributed by atoms with Gasteiger partial charge in [0.15, 0.2) is 0 Å². The summed E-state index contributed by atoms with van der Waals surface area (Å²) >= 11 is 7.33. The maximum Gasteiger partial charge on any atom is 0.408 e. The maximum atomic E-state index is 13.7. The van der Waals surface area contributed by atoms with E-state index >= 15 is 0 Å². The molecule has 15 heteroatoms. The van der Waals surface area contributed by atoms with Crippen LogP contribution in [-0.2, 0) is 32.1 Å². The molecule has 1 saturated heterocycles. The number of carbonyl (C=O) groups excluding carboxylic acids is 3. The molecule has 4 rings (SSSR count). The first-order chi connectivity index (χ1) is 19.2. The number of halogens is 4. The Kier molecular flexibility index (Phi) is 9.07. The summed E-state index contributed by atoms with van der Waals surface area (Å²) in [6, 6.07) is 5.67. The zero-order valence-corrected chi connectivity index (χ0v) is 24.0. The Labute approximate surface area is 243 Å². The van der Waals surface area contributed by atoms with Gasteiger partial charge in [0.1, 0.15) is 18.0 Å². The molecular weight excluding hydrogens is 585 g/mol. The smallest absolute Gasteiger partial charge is 0.373 e. The normalized spacial score (nSPS) is 20.1. The molecular formula is C26H30ClF3N6O4S. The Morgan fingerprint density at radius 2 is 2.07 bits per heavy atom. The van der Waals surface area contributed by atoms with Crippen LogP contribution in [0.5, 0.6) is 0 Å². The second kappa shape index (κ2) is 12.0. The fraction of sp³-hybridized carbons (Fsp3) is 0.500. The minimum absolute atomic E-state index is 0.0267. The van der Waals surface area contributed by atoms with Gasteiger partial charge in [0.05, 0.1) is 36.0 Å². The molecule has 2 aromatic heterocycles. The number of nitrogens with one attached hydrogen (secondary N) is 1. The topological polar surface area (TPSA) is 130 Å². The number of alkyl halides is 3. The average Bonchev–Trinajstić information content (AvgIpc) is 3.42. The maximum absolute atomic E-state index is 13.7. The molecule has 0 radical (unpaired) electrons. The molecule has 3 amide bonds. The Morgan fingerprint density at radius 1 is 1.32 bits per heavy atom. The van der Waals surface area contributed by atoms with Crippen molar-refractivity contribution in [3.63, 3.8) is 0 Å². The lowest BCUT2D eigenvalue weighted by molar-refractivity contribution is -0.163. The Bertz CT molecular complexity index is 1320. The first kappa shape index (κ1) is 30.9. The SMILES string of the molecule is CC(C)(N)C(=O)N[C@H](COCc1cc(Cl)cs1)C(=O)N1CCC2(Cc3ccccn3)C(=O)N(CC(F)(F)F)N=C2C1. The summed E-state index contributed by atoms with van der Waals surface area (Å²) in [5.41, 5.74) is 3.90. The third-order valence-electron chi connectivity index (χ3n) is 6.78. The van der Waals surface area contributed by atoms with Crippen LogP contribution >= 0.6 is 22.9 Å². The van der Waals surface area contributed by atoms with Crippen LogP contribution in [-0.4, -0.2) is 82.3 Å². The summed E-state index contributed by atoms with van der Waals surface area (Å²) in [7, 11) is 0.